The topological polar surface area (TPSA) is 44.3 Å². The van der Waals surface area contributed by atoms with Gasteiger partial charge in [0.1, 0.15) is 0 Å². The fourth-order valence-electron chi connectivity index (χ4n) is 4.47. The highest BCUT2D eigenvalue weighted by Gasteiger charge is 2.51. The smallest absolute Gasteiger partial charge is 0.562 e. The maximum atomic E-state index is 6.14. The number of quaternary nitrogens is 1. The number of unbranched alkanes of at least 4 members (excludes halogenated alkanes) is 15. The molecule has 0 aromatic heterocycles. The Balaban J connectivity index is 0. The maximum absolute atomic E-state index is 6.14. The van der Waals surface area contributed by atoms with Crippen LogP contribution in [0, 0.1) is 0 Å². The van der Waals surface area contributed by atoms with E-state index in [1.54, 1.807) is 14.2 Å². The van der Waals surface area contributed by atoms with Crippen molar-refractivity contribution in [2.45, 2.75) is 149 Å². The average molecular weight is 496 g/mol. The van der Waals surface area contributed by atoms with Crippen molar-refractivity contribution in [2.75, 3.05) is 20.8 Å². The second-order valence-electron chi connectivity index (χ2n) is 9.52. The van der Waals surface area contributed by atoms with E-state index in [0.29, 0.717) is 5.67 Å². The van der Waals surface area contributed by atoms with Crippen LogP contribution in [0.5, 0.6) is 0 Å². The van der Waals surface area contributed by atoms with Gasteiger partial charge in [-0.05, 0) is 26.7 Å². The molecule has 0 saturated carbocycles. The molecule has 0 aliphatic carbocycles. The number of hydrogen-bond donors (Lipinski definition) is 1. The molecular weight excluding hydrogens is 438 g/mol. The van der Waals surface area contributed by atoms with Crippen LogP contribution in [0.1, 0.15) is 137 Å². The van der Waals surface area contributed by atoms with E-state index >= 15 is 0 Å². The Kier molecular flexibility index (Phi) is 26.4. The van der Waals surface area contributed by atoms with Crippen molar-refractivity contribution in [2.24, 2.45) is 0 Å². The first-order chi connectivity index (χ1) is 15.1. The first-order valence-corrected chi connectivity index (χ1v) is 15.5. The summed E-state index contributed by atoms with van der Waals surface area (Å²) in [6, 6.07) is 0. The van der Waals surface area contributed by atoms with Gasteiger partial charge in [0.05, 0.1) is 6.54 Å². The van der Waals surface area contributed by atoms with Crippen molar-refractivity contribution in [1.29, 1.82) is 0 Å². The van der Waals surface area contributed by atoms with Gasteiger partial charge in [0.25, 0.3) is 0 Å². The van der Waals surface area contributed by atoms with Gasteiger partial charge in [-0.15, -0.1) is 0 Å². The van der Waals surface area contributed by atoms with Gasteiger partial charge < -0.3 is 31.0 Å². The normalized spacial score (nSPS) is 12.8. The summed E-state index contributed by atoms with van der Waals surface area (Å²) in [6.07, 6.45) is 23.8. The van der Waals surface area contributed by atoms with E-state index in [-0.39, 0.29) is 18.5 Å². The highest BCUT2D eigenvalue weighted by molar-refractivity contribution is 6.61. The molecule has 0 saturated heterocycles. The third kappa shape index (κ3) is 17.8. The molecule has 0 aromatic carbocycles. The van der Waals surface area contributed by atoms with Gasteiger partial charge in [0.2, 0.25) is 0 Å². The monoisotopic (exact) mass is 495 g/mol. The van der Waals surface area contributed by atoms with Crippen LogP contribution in [0.15, 0.2) is 0 Å². The van der Waals surface area contributed by atoms with Crippen molar-refractivity contribution < 1.29 is 31.0 Å². The molecule has 2 N–H and O–H groups in total. The van der Waals surface area contributed by atoms with E-state index in [1.165, 1.54) is 103 Å². The van der Waals surface area contributed by atoms with E-state index in [9.17, 15) is 0 Å². The third-order valence-corrected chi connectivity index (χ3v) is 9.86. The summed E-state index contributed by atoms with van der Waals surface area (Å²) in [5, 5.41) is 2.41. The summed E-state index contributed by atoms with van der Waals surface area (Å²) in [6.45, 7) is 9.75. The quantitative estimate of drug-likeness (QED) is 0.164. The van der Waals surface area contributed by atoms with Gasteiger partial charge >= 0.3 is 8.80 Å². The summed E-state index contributed by atoms with van der Waals surface area (Å²) >= 11 is 0. The highest BCUT2D eigenvalue weighted by Crippen LogP contribution is 2.16. The summed E-state index contributed by atoms with van der Waals surface area (Å²) in [7, 11) is 0.876. The Labute approximate surface area is 209 Å². The molecule has 6 heteroatoms. The summed E-state index contributed by atoms with van der Waals surface area (Å²) in [5.74, 6) is 0. The van der Waals surface area contributed by atoms with Crippen molar-refractivity contribution in [3.8, 4) is 0 Å². The summed E-state index contributed by atoms with van der Waals surface area (Å²) in [5.41, 5.74) is 0.293. The molecule has 0 fully saturated rings. The molecule has 4 nitrogen and oxygen atoms in total. The molecule has 0 rings (SSSR count). The van der Waals surface area contributed by atoms with Crippen LogP contribution in [0.25, 0.3) is 0 Å². The zero-order valence-electron chi connectivity index (χ0n) is 22.6. The lowest BCUT2D eigenvalue weighted by atomic mass is 10.0. The highest BCUT2D eigenvalue weighted by atomic mass is 35.5. The zero-order valence-corrected chi connectivity index (χ0v) is 24.3. The number of rotatable bonds is 24. The minimum atomic E-state index is -2.60. The minimum Gasteiger partial charge on any atom is -1.00 e. The van der Waals surface area contributed by atoms with E-state index < -0.39 is 8.80 Å². The standard InChI is InChI=1S/C26H57NO3Si.ClH/c1-7-9-10-11-12-13-14-15-16-17-18-19-20-21-22-23-24-27-26(8-2)31(28-5,29-6)30-25(3)4;/h25-27H,7-24H2,1-6H3;1H. The van der Waals surface area contributed by atoms with E-state index in [2.05, 4.69) is 33.0 Å². The molecule has 196 valence electrons. The Morgan fingerprint density at radius 1 is 0.625 bits per heavy atom. The number of halogens is 1. The minimum absolute atomic E-state index is 0. The summed E-state index contributed by atoms with van der Waals surface area (Å²) < 4.78 is 17.7. The average Bonchev–Trinajstić information content (AvgIpc) is 2.77. The Bertz CT molecular complexity index is 371. The Hall–Kier alpha value is 0.347. The molecule has 0 spiro atoms. The van der Waals surface area contributed by atoms with Crippen LogP contribution in [0.2, 0.25) is 0 Å². The number of hydrogen-bond acceptors (Lipinski definition) is 3. The predicted molar refractivity (Wildman–Crippen MR) is 136 cm³/mol. The second kappa shape index (κ2) is 24.5. The third-order valence-electron chi connectivity index (χ3n) is 6.37. The summed E-state index contributed by atoms with van der Waals surface area (Å²) in [4.78, 5) is 0. The zero-order chi connectivity index (χ0) is 23.2. The molecule has 0 aliphatic rings. The van der Waals surface area contributed by atoms with Gasteiger partial charge in [-0.3, -0.25) is 0 Å². The van der Waals surface area contributed by atoms with Crippen LogP contribution >= 0.6 is 0 Å². The molecule has 32 heavy (non-hydrogen) atoms. The Morgan fingerprint density at radius 3 is 1.31 bits per heavy atom. The first-order valence-electron chi connectivity index (χ1n) is 13.7. The van der Waals surface area contributed by atoms with Crippen LogP contribution in [0.4, 0.5) is 0 Å². The fraction of sp³-hybridized carbons (Fsp3) is 1.00. The molecule has 1 atom stereocenters. The second-order valence-corrected chi connectivity index (χ2v) is 12.5. The van der Waals surface area contributed by atoms with Crippen molar-refractivity contribution in [1.82, 2.24) is 0 Å². The van der Waals surface area contributed by atoms with Crippen molar-refractivity contribution >= 4 is 8.80 Å². The maximum Gasteiger partial charge on any atom is 0.562 e. The molecule has 1 unspecified atom stereocenters. The molecule has 0 bridgehead atoms. The van der Waals surface area contributed by atoms with Gasteiger partial charge in [-0.2, -0.15) is 0 Å². The van der Waals surface area contributed by atoms with E-state index in [4.69, 9.17) is 13.3 Å². The SMILES string of the molecule is CCCCCCCCCCCCCCCCCC[NH2+]C(CC)[Si](OC)(OC)OC(C)C.[Cl-]. The van der Waals surface area contributed by atoms with Crippen LogP contribution in [0.3, 0.4) is 0 Å². The lowest BCUT2D eigenvalue weighted by Gasteiger charge is -2.32. The van der Waals surface area contributed by atoms with E-state index in [1.807, 2.05) is 0 Å². The number of nitrogens with two attached hydrogens (primary N) is 1. The van der Waals surface area contributed by atoms with E-state index in [0.717, 1.165) is 13.0 Å². The van der Waals surface area contributed by atoms with Gasteiger partial charge in [0.15, 0.2) is 5.67 Å². The first kappa shape index (κ1) is 34.5. The van der Waals surface area contributed by atoms with Crippen molar-refractivity contribution in [3.63, 3.8) is 0 Å². The van der Waals surface area contributed by atoms with Crippen LogP contribution in [-0.4, -0.2) is 41.3 Å². The van der Waals surface area contributed by atoms with Crippen LogP contribution in [-0.2, 0) is 13.3 Å². The predicted octanol–water partition coefficient (Wildman–Crippen LogP) is 3.79. The van der Waals surface area contributed by atoms with Gasteiger partial charge in [-0.25, -0.2) is 0 Å². The molecule has 0 aliphatic heterocycles. The van der Waals surface area contributed by atoms with Gasteiger partial charge in [-0.1, -0.05) is 104 Å². The molecule has 0 radical (unpaired) electrons. The van der Waals surface area contributed by atoms with Crippen molar-refractivity contribution in [3.05, 3.63) is 0 Å². The fourth-order valence-corrected chi connectivity index (χ4v) is 7.22. The lowest BCUT2D eigenvalue weighted by Crippen LogP contribution is -3.00. The molecule has 0 aromatic rings. The molecule has 0 heterocycles. The Morgan fingerprint density at radius 2 is 1.00 bits per heavy atom. The van der Waals surface area contributed by atoms with Gasteiger partial charge in [0, 0.05) is 26.7 Å². The lowest BCUT2D eigenvalue weighted by molar-refractivity contribution is -0.678. The molecular formula is C26H58ClNO3Si. The van der Waals surface area contributed by atoms with Crippen LogP contribution < -0.4 is 17.7 Å². The largest absolute Gasteiger partial charge is 1.00 e. The molecule has 0 amide bonds.